The Bertz CT molecular complexity index is 719. The monoisotopic (exact) mass is 353 g/mol. The lowest BCUT2D eigenvalue weighted by atomic mass is 9.80. The minimum absolute atomic E-state index is 0.00543. The molecule has 0 fully saturated rings. The molecule has 0 bridgehead atoms. The predicted octanol–water partition coefficient (Wildman–Crippen LogP) is 2.41. The fourth-order valence-corrected chi connectivity index (χ4v) is 3.28. The highest BCUT2D eigenvalue weighted by molar-refractivity contribution is 7.50. The summed E-state index contributed by atoms with van der Waals surface area (Å²) in [5, 5.41) is 29.8. The quantitative estimate of drug-likeness (QED) is 0.517. The number of aromatic hydroxyl groups is 1. The second kappa shape index (κ2) is 7.32. The van der Waals surface area contributed by atoms with Crippen LogP contribution in [-0.4, -0.2) is 36.9 Å². The zero-order valence-electron chi connectivity index (χ0n) is 13.0. The molecule has 1 aromatic rings. The maximum atomic E-state index is 11.2. The molecule has 3 unspecified atom stereocenters. The first-order valence-electron chi connectivity index (χ1n) is 7.43. The standard InChI is InChI=1S/C16H20NO6P/c1-2-13(10-3-5-11(18)6-4-10)16(20)14-9-12(19)7-8-15(14)17-24(21,22)23/h3-9,13-14,16,18-20H,2H2,1H3,(H2,21,22,23). The van der Waals surface area contributed by atoms with Gasteiger partial charge in [-0.3, -0.25) is 0 Å². The minimum atomic E-state index is -4.67. The molecular weight excluding hydrogens is 333 g/mol. The summed E-state index contributed by atoms with van der Waals surface area (Å²) in [7, 11) is -4.67. The van der Waals surface area contributed by atoms with Crippen molar-refractivity contribution in [3.63, 3.8) is 0 Å². The maximum Gasteiger partial charge on any atom is 0.448 e. The van der Waals surface area contributed by atoms with Gasteiger partial charge >= 0.3 is 7.75 Å². The first kappa shape index (κ1) is 18.4. The molecule has 1 aliphatic rings. The molecule has 5 N–H and O–H groups in total. The van der Waals surface area contributed by atoms with Crippen molar-refractivity contribution < 1.29 is 29.7 Å². The minimum Gasteiger partial charge on any atom is -0.508 e. The average Bonchev–Trinajstić information content (AvgIpc) is 2.50. The third kappa shape index (κ3) is 4.55. The van der Waals surface area contributed by atoms with Crippen molar-refractivity contribution in [2.75, 3.05) is 0 Å². The molecule has 0 spiro atoms. The van der Waals surface area contributed by atoms with E-state index in [2.05, 4.69) is 4.76 Å². The summed E-state index contributed by atoms with van der Waals surface area (Å²) in [6.45, 7) is 1.86. The van der Waals surface area contributed by atoms with E-state index in [-0.39, 0.29) is 23.1 Å². The highest BCUT2D eigenvalue weighted by Crippen LogP contribution is 2.39. The zero-order chi connectivity index (χ0) is 17.9. The number of benzene rings is 1. The van der Waals surface area contributed by atoms with Crippen molar-refractivity contribution >= 4 is 13.5 Å². The van der Waals surface area contributed by atoms with Crippen LogP contribution in [0.5, 0.6) is 5.75 Å². The number of hydrogen-bond acceptors (Lipinski definition) is 4. The van der Waals surface area contributed by atoms with E-state index in [1.165, 1.54) is 30.4 Å². The summed E-state index contributed by atoms with van der Waals surface area (Å²) in [4.78, 5) is 18.2. The molecule has 0 saturated heterocycles. The normalized spacial score (nSPS) is 22.2. The van der Waals surface area contributed by atoms with E-state index >= 15 is 0 Å². The van der Waals surface area contributed by atoms with Crippen LogP contribution < -0.4 is 0 Å². The second-order valence-electron chi connectivity index (χ2n) is 5.59. The number of phenols is 1. The van der Waals surface area contributed by atoms with Gasteiger partial charge in [-0.2, -0.15) is 4.76 Å². The smallest absolute Gasteiger partial charge is 0.448 e. The lowest BCUT2D eigenvalue weighted by Gasteiger charge is -2.29. The van der Waals surface area contributed by atoms with Crippen LogP contribution in [0, 0.1) is 5.92 Å². The van der Waals surface area contributed by atoms with Crippen molar-refractivity contribution in [3.05, 3.63) is 53.8 Å². The highest BCUT2D eigenvalue weighted by Gasteiger charge is 2.32. The van der Waals surface area contributed by atoms with E-state index in [0.29, 0.717) is 6.42 Å². The summed E-state index contributed by atoms with van der Waals surface area (Å²) in [5.74, 6) is -1.23. The largest absolute Gasteiger partial charge is 0.508 e. The van der Waals surface area contributed by atoms with Crippen LogP contribution in [0.2, 0.25) is 0 Å². The van der Waals surface area contributed by atoms with E-state index in [4.69, 9.17) is 9.79 Å². The van der Waals surface area contributed by atoms with E-state index in [9.17, 15) is 19.9 Å². The van der Waals surface area contributed by atoms with Gasteiger partial charge in [-0.1, -0.05) is 19.1 Å². The molecule has 0 saturated carbocycles. The van der Waals surface area contributed by atoms with E-state index in [1.807, 2.05) is 6.92 Å². The summed E-state index contributed by atoms with van der Waals surface area (Å²) in [6.07, 6.45) is 3.36. The Hall–Kier alpha value is -1.92. The molecule has 8 heteroatoms. The average molecular weight is 353 g/mol. The molecule has 2 rings (SSSR count). The number of nitrogens with zero attached hydrogens (tertiary/aromatic N) is 1. The first-order valence-corrected chi connectivity index (χ1v) is 8.99. The molecular formula is C16H20NO6P. The summed E-state index contributed by atoms with van der Waals surface area (Å²) >= 11 is 0. The Morgan fingerprint density at radius 1 is 1.17 bits per heavy atom. The van der Waals surface area contributed by atoms with Crippen molar-refractivity contribution in [2.45, 2.75) is 25.4 Å². The molecule has 130 valence electrons. The Morgan fingerprint density at radius 2 is 1.79 bits per heavy atom. The number of hydrogen-bond donors (Lipinski definition) is 5. The van der Waals surface area contributed by atoms with Crippen LogP contribution in [0.1, 0.15) is 24.8 Å². The molecule has 0 radical (unpaired) electrons. The summed E-state index contributed by atoms with van der Waals surface area (Å²) in [6, 6.07) is 6.36. The van der Waals surface area contributed by atoms with E-state index in [0.717, 1.165) is 5.56 Å². The first-order chi connectivity index (χ1) is 11.2. The Kier molecular flexibility index (Phi) is 5.62. The fraction of sp³-hybridized carbons (Fsp3) is 0.312. The Morgan fingerprint density at radius 3 is 2.33 bits per heavy atom. The van der Waals surface area contributed by atoms with E-state index in [1.54, 1.807) is 12.1 Å². The van der Waals surface area contributed by atoms with Gasteiger partial charge < -0.3 is 25.1 Å². The van der Waals surface area contributed by atoms with Gasteiger partial charge in [0.15, 0.2) is 0 Å². The summed E-state index contributed by atoms with van der Waals surface area (Å²) < 4.78 is 14.5. The second-order valence-corrected chi connectivity index (χ2v) is 6.81. The Balaban J connectivity index is 2.37. The number of phenolic OH excluding ortho intramolecular Hbond substituents is 1. The molecule has 24 heavy (non-hydrogen) atoms. The molecule has 0 aromatic heterocycles. The van der Waals surface area contributed by atoms with Crippen molar-refractivity contribution in [1.82, 2.24) is 0 Å². The van der Waals surface area contributed by atoms with Gasteiger partial charge in [0.25, 0.3) is 0 Å². The van der Waals surface area contributed by atoms with Gasteiger partial charge in [-0.25, -0.2) is 4.57 Å². The zero-order valence-corrected chi connectivity index (χ0v) is 13.9. The van der Waals surface area contributed by atoms with Crippen molar-refractivity contribution in [3.8, 4) is 5.75 Å². The summed E-state index contributed by atoms with van der Waals surface area (Å²) in [5.41, 5.74) is 0.770. The molecule has 3 atom stereocenters. The number of aliphatic hydroxyl groups is 2. The fourth-order valence-electron chi connectivity index (χ4n) is 2.78. The van der Waals surface area contributed by atoms with Gasteiger partial charge in [0, 0.05) is 11.8 Å². The number of aliphatic hydroxyl groups excluding tert-OH is 2. The number of allylic oxidation sites excluding steroid dienone is 2. The SMILES string of the molecule is CCC(c1ccc(O)cc1)C(O)C1C=C(O)C=CC1=NP(=O)(O)O. The maximum absolute atomic E-state index is 11.2. The van der Waals surface area contributed by atoms with Gasteiger partial charge in [0.05, 0.1) is 11.8 Å². The van der Waals surface area contributed by atoms with Crippen LogP contribution >= 0.6 is 7.75 Å². The lowest BCUT2D eigenvalue weighted by Crippen LogP contribution is -2.32. The predicted molar refractivity (Wildman–Crippen MR) is 90.0 cm³/mol. The van der Waals surface area contributed by atoms with Crippen molar-refractivity contribution in [2.24, 2.45) is 10.7 Å². The molecule has 0 aliphatic heterocycles. The van der Waals surface area contributed by atoms with Gasteiger partial charge in [-0.15, -0.1) is 0 Å². The van der Waals surface area contributed by atoms with Gasteiger partial charge in [-0.05, 0) is 42.3 Å². The topological polar surface area (TPSA) is 131 Å². The third-order valence-electron chi connectivity index (χ3n) is 3.90. The van der Waals surface area contributed by atoms with Crippen LogP contribution in [-0.2, 0) is 4.57 Å². The van der Waals surface area contributed by atoms with Gasteiger partial charge in [0.2, 0.25) is 0 Å². The van der Waals surface area contributed by atoms with Crippen LogP contribution in [0.4, 0.5) is 0 Å². The van der Waals surface area contributed by atoms with E-state index < -0.39 is 19.8 Å². The molecule has 1 aliphatic carbocycles. The van der Waals surface area contributed by atoms with Crippen LogP contribution in [0.3, 0.4) is 0 Å². The third-order valence-corrected chi connectivity index (χ3v) is 4.40. The highest BCUT2D eigenvalue weighted by atomic mass is 31.2. The molecule has 0 amide bonds. The lowest BCUT2D eigenvalue weighted by molar-refractivity contribution is 0.121. The Labute approximate surface area is 139 Å². The van der Waals surface area contributed by atoms with Crippen molar-refractivity contribution in [1.29, 1.82) is 0 Å². The number of rotatable bonds is 5. The van der Waals surface area contributed by atoms with Crippen LogP contribution in [0.15, 0.2) is 53.0 Å². The van der Waals surface area contributed by atoms with Gasteiger partial charge in [0.1, 0.15) is 11.5 Å². The van der Waals surface area contributed by atoms with Crippen LogP contribution in [0.25, 0.3) is 0 Å². The molecule has 0 heterocycles. The molecule has 7 nitrogen and oxygen atoms in total. The molecule has 1 aromatic carbocycles.